The van der Waals surface area contributed by atoms with Gasteiger partial charge in [0.2, 0.25) is 0 Å². The molecule has 0 aromatic heterocycles. The van der Waals surface area contributed by atoms with Crippen molar-refractivity contribution >= 4 is 11.6 Å². The number of nitrogens with one attached hydrogen (secondary N) is 1. The molecule has 26 heavy (non-hydrogen) atoms. The lowest BCUT2D eigenvalue weighted by molar-refractivity contribution is -0.0134. The van der Waals surface area contributed by atoms with E-state index in [9.17, 15) is 4.79 Å². The van der Waals surface area contributed by atoms with Crippen molar-refractivity contribution in [3.8, 4) is 0 Å². The number of benzene rings is 1. The zero-order chi connectivity index (χ0) is 18.3. The van der Waals surface area contributed by atoms with Gasteiger partial charge >= 0.3 is 0 Å². The van der Waals surface area contributed by atoms with E-state index in [2.05, 4.69) is 31.3 Å². The van der Waals surface area contributed by atoms with E-state index in [1.54, 1.807) is 0 Å². The highest BCUT2D eigenvalue weighted by molar-refractivity contribution is 5.96. The third-order valence-electron chi connectivity index (χ3n) is 7.12. The molecule has 4 saturated carbocycles. The third kappa shape index (κ3) is 3.21. The van der Waals surface area contributed by atoms with Gasteiger partial charge in [0, 0.05) is 16.7 Å². The SMILES string of the molecule is CC/C(=N/NC(=O)c1ccc(C(C)C)cc1)C12CC3CC(CC(C3)C1)C2. The highest BCUT2D eigenvalue weighted by Crippen LogP contribution is 2.60. The molecule has 0 saturated heterocycles. The fourth-order valence-corrected chi connectivity index (χ4v) is 6.24. The first kappa shape index (κ1) is 17.8. The molecule has 1 amide bonds. The predicted molar refractivity (Wildman–Crippen MR) is 106 cm³/mol. The maximum absolute atomic E-state index is 12.6. The van der Waals surface area contributed by atoms with Gasteiger partial charge in [0.15, 0.2) is 0 Å². The van der Waals surface area contributed by atoms with E-state index >= 15 is 0 Å². The van der Waals surface area contributed by atoms with Gasteiger partial charge in [-0.15, -0.1) is 0 Å². The van der Waals surface area contributed by atoms with E-state index in [0.29, 0.717) is 11.5 Å². The fourth-order valence-electron chi connectivity index (χ4n) is 6.24. The van der Waals surface area contributed by atoms with Gasteiger partial charge in [0.05, 0.1) is 0 Å². The summed E-state index contributed by atoms with van der Waals surface area (Å²) in [6, 6.07) is 7.92. The Kier molecular flexibility index (Phi) is 4.66. The summed E-state index contributed by atoms with van der Waals surface area (Å²) >= 11 is 0. The number of carbonyl (C=O) groups is 1. The Hall–Kier alpha value is -1.64. The minimum absolute atomic E-state index is 0.0871. The van der Waals surface area contributed by atoms with E-state index in [-0.39, 0.29) is 11.3 Å². The normalized spacial score (nSPS) is 32.9. The number of hydrogen-bond donors (Lipinski definition) is 1. The summed E-state index contributed by atoms with van der Waals surface area (Å²) in [5.74, 6) is 3.09. The minimum Gasteiger partial charge on any atom is -0.267 e. The van der Waals surface area contributed by atoms with Crippen LogP contribution in [-0.2, 0) is 0 Å². The van der Waals surface area contributed by atoms with Crippen LogP contribution in [0.25, 0.3) is 0 Å². The van der Waals surface area contributed by atoms with Crippen molar-refractivity contribution in [3.63, 3.8) is 0 Å². The van der Waals surface area contributed by atoms with Crippen molar-refractivity contribution in [2.24, 2.45) is 28.3 Å². The molecule has 4 fully saturated rings. The molecule has 1 aromatic rings. The molecule has 3 nitrogen and oxygen atoms in total. The van der Waals surface area contributed by atoms with Crippen LogP contribution in [0.2, 0.25) is 0 Å². The van der Waals surface area contributed by atoms with Crippen LogP contribution in [0.1, 0.15) is 87.6 Å². The average Bonchev–Trinajstić information content (AvgIpc) is 2.60. The summed E-state index contributed by atoms with van der Waals surface area (Å²) in [6.07, 6.45) is 9.14. The Balaban J connectivity index is 1.48. The van der Waals surface area contributed by atoms with Gasteiger partial charge in [-0.2, -0.15) is 5.10 Å². The first-order valence-corrected chi connectivity index (χ1v) is 10.5. The fraction of sp³-hybridized carbons (Fsp3) is 0.652. The van der Waals surface area contributed by atoms with E-state index in [1.165, 1.54) is 49.8 Å². The second-order valence-corrected chi connectivity index (χ2v) is 9.33. The lowest BCUT2D eigenvalue weighted by Gasteiger charge is -2.57. The number of hydrogen-bond acceptors (Lipinski definition) is 2. The van der Waals surface area contributed by atoms with Crippen molar-refractivity contribution in [2.75, 3.05) is 0 Å². The average molecular weight is 353 g/mol. The molecule has 4 aliphatic carbocycles. The molecular weight excluding hydrogens is 320 g/mol. The van der Waals surface area contributed by atoms with Crippen LogP contribution in [0.4, 0.5) is 0 Å². The van der Waals surface area contributed by atoms with Gasteiger partial charge in [-0.25, -0.2) is 5.43 Å². The standard InChI is InChI=1S/C23H32N2O/c1-4-21(23-12-16-9-17(13-23)11-18(10-16)14-23)24-25-22(26)20-7-5-19(6-8-20)15(2)3/h5-8,15-18H,4,9-14H2,1-3H3,(H,25,26)/b24-21-. The quantitative estimate of drug-likeness (QED) is 0.550. The van der Waals surface area contributed by atoms with Crippen LogP contribution in [-0.4, -0.2) is 11.6 Å². The molecule has 1 aromatic carbocycles. The molecule has 4 aliphatic rings. The number of rotatable bonds is 5. The summed E-state index contributed by atoms with van der Waals surface area (Å²) in [5.41, 5.74) is 6.34. The summed E-state index contributed by atoms with van der Waals surface area (Å²) in [5, 5.41) is 4.68. The van der Waals surface area contributed by atoms with E-state index in [1.807, 2.05) is 24.3 Å². The molecular formula is C23H32N2O. The maximum Gasteiger partial charge on any atom is 0.271 e. The largest absolute Gasteiger partial charge is 0.271 e. The zero-order valence-electron chi connectivity index (χ0n) is 16.4. The second kappa shape index (κ2) is 6.83. The van der Waals surface area contributed by atoms with E-state index < -0.39 is 0 Å². The van der Waals surface area contributed by atoms with Crippen molar-refractivity contribution in [3.05, 3.63) is 35.4 Å². The first-order valence-electron chi connectivity index (χ1n) is 10.5. The monoisotopic (exact) mass is 352 g/mol. The Morgan fingerprint density at radius 2 is 1.62 bits per heavy atom. The minimum atomic E-state index is -0.0871. The maximum atomic E-state index is 12.6. The second-order valence-electron chi connectivity index (χ2n) is 9.33. The topological polar surface area (TPSA) is 41.5 Å². The summed E-state index contributed by atoms with van der Waals surface area (Å²) in [7, 11) is 0. The molecule has 1 N–H and O–H groups in total. The van der Waals surface area contributed by atoms with E-state index in [4.69, 9.17) is 0 Å². The van der Waals surface area contributed by atoms with E-state index in [0.717, 1.165) is 24.2 Å². The lowest BCUT2D eigenvalue weighted by Crippen LogP contribution is -2.50. The molecule has 0 heterocycles. The number of nitrogens with zero attached hydrogens (tertiary/aromatic N) is 1. The Labute approximate surface area is 157 Å². The lowest BCUT2D eigenvalue weighted by atomic mass is 9.48. The van der Waals surface area contributed by atoms with Crippen molar-refractivity contribution < 1.29 is 4.79 Å². The Morgan fingerprint density at radius 1 is 1.08 bits per heavy atom. The van der Waals surface area contributed by atoms with Crippen molar-refractivity contribution in [2.45, 2.75) is 71.6 Å². The van der Waals surface area contributed by atoms with Crippen LogP contribution in [0.3, 0.4) is 0 Å². The molecule has 3 heteroatoms. The highest BCUT2D eigenvalue weighted by atomic mass is 16.2. The van der Waals surface area contributed by atoms with Crippen molar-refractivity contribution in [1.82, 2.24) is 5.43 Å². The predicted octanol–water partition coefficient (Wildman–Crippen LogP) is 5.52. The number of carbonyl (C=O) groups excluding carboxylic acids is 1. The first-order chi connectivity index (χ1) is 12.5. The molecule has 0 aliphatic heterocycles. The number of hydrazone groups is 1. The number of amides is 1. The van der Waals surface area contributed by atoms with Crippen LogP contribution < -0.4 is 5.43 Å². The smallest absolute Gasteiger partial charge is 0.267 e. The molecule has 0 atom stereocenters. The molecule has 4 bridgehead atoms. The summed E-state index contributed by atoms with van der Waals surface area (Å²) < 4.78 is 0. The molecule has 0 unspecified atom stereocenters. The third-order valence-corrected chi connectivity index (χ3v) is 7.12. The highest BCUT2D eigenvalue weighted by Gasteiger charge is 2.52. The van der Waals surface area contributed by atoms with Crippen LogP contribution in [0.5, 0.6) is 0 Å². The summed E-state index contributed by atoms with van der Waals surface area (Å²) in [6.45, 7) is 6.53. The van der Waals surface area contributed by atoms with Gasteiger partial charge in [-0.3, -0.25) is 4.79 Å². The van der Waals surface area contributed by atoms with Gasteiger partial charge in [0.1, 0.15) is 0 Å². The summed E-state index contributed by atoms with van der Waals surface area (Å²) in [4.78, 5) is 12.6. The Bertz CT molecular complexity index is 666. The van der Waals surface area contributed by atoms with Gasteiger partial charge in [-0.05, 0) is 86.3 Å². The van der Waals surface area contributed by atoms with Crippen molar-refractivity contribution in [1.29, 1.82) is 0 Å². The van der Waals surface area contributed by atoms with Gasteiger partial charge in [-0.1, -0.05) is 32.9 Å². The molecule has 0 spiro atoms. The van der Waals surface area contributed by atoms with Gasteiger partial charge < -0.3 is 0 Å². The molecule has 5 rings (SSSR count). The van der Waals surface area contributed by atoms with Crippen LogP contribution in [0.15, 0.2) is 29.4 Å². The van der Waals surface area contributed by atoms with Crippen LogP contribution in [0, 0.1) is 23.2 Å². The molecule has 140 valence electrons. The van der Waals surface area contributed by atoms with Crippen LogP contribution >= 0.6 is 0 Å². The molecule has 0 radical (unpaired) electrons. The zero-order valence-corrected chi connectivity index (χ0v) is 16.4. The van der Waals surface area contributed by atoms with Gasteiger partial charge in [0.25, 0.3) is 5.91 Å². The Morgan fingerprint density at radius 3 is 2.08 bits per heavy atom.